The maximum atomic E-state index is 14.4. The molecule has 5 rings (SSSR count). The molecule has 2 heterocycles. The average Bonchev–Trinajstić information content (AvgIpc) is 3.22. The number of hydrogen-bond donors (Lipinski definition) is 3. The van der Waals surface area contributed by atoms with Crippen molar-refractivity contribution in [3.8, 4) is 0 Å². The van der Waals surface area contributed by atoms with E-state index in [1.807, 2.05) is 12.1 Å². The molecule has 142 valence electrons. The number of fused-ring (bicyclic) bond motifs is 5. The van der Waals surface area contributed by atoms with Gasteiger partial charge < -0.3 is 16.4 Å². The molecule has 0 amide bonds. The molecule has 1 aliphatic heterocycles. The molecule has 2 fully saturated rings. The van der Waals surface area contributed by atoms with Gasteiger partial charge in [0.15, 0.2) is 11.6 Å². The second kappa shape index (κ2) is 6.95. The summed E-state index contributed by atoms with van der Waals surface area (Å²) >= 11 is 2.07. The van der Waals surface area contributed by atoms with Crippen LogP contribution >= 0.6 is 11.8 Å². The van der Waals surface area contributed by atoms with E-state index >= 15 is 0 Å². The second-order valence-corrected chi connectivity index (χ2v) is 9.19. The number of thioether (sulfide) groups is 1. The molecule has 3 aliphatic rings. The Morgan fingerprint density at radius 2 is 2.22 bits per heavy atom. The van der Waals surface area contributed by atoms with Crippen molar-refractivity contribution in [3.63, 3.8) is 0 Å². The Morgan fingerprint density at radius 3 is 3.11 bits per heavy atom. The molecule has 5 unspecified atom stereocenters. The molecule has 2 aliphatic carbocycles. The predicted octanol–water partition coefficient (Wildman–Crippen LogP) is 3.41. The van der Waals surface area contributed by atoms with Gasteiger partial charge in [-0.2, -0.15) is 16.7 Å². The Kier molecular flexibility index (Phi) is 4.44. The van der Waals surface area contributed by atoms with E-state index < -0.39 is 5.82 Å². The first-order valence-corrected chi connectivity index (χ1v) is 10.7. The summed E-state index contributed by atoms with van der Waals surface area (Å²) in [6.45, 7) is 0.637. The molecule has 27 heavy (non-hydrogen) atoms. The first kappa shape index (κ1) is 17.3. The summed E-state index contributed by atoms with van der Waals surface area (Å²) in [7, 11) is 0. The first-order chi connectivity index (χ1) is 13.2. The number of nitrogens with zero attached hydrogens (tertiary/aromatic N) is 2. The number of rotatable bonds is 1. The third kappa shape index (κ3) is 3.17. The molecule has 4 N–H and O–H groups in total. The molecule has 1 aromatic heterocycles. The maximum absolute atomic E-state index is 14.4. The molecule has 0 saturated heterocycles. The monoisotopic (exact) mass is 385 g/mol. The van der Waals surface area contributed by atoms with Gasteiger partial charge in [-0.1, -0.05) is 12.1 Å². The minimum absolute atomic E-state index is 0.185. The van der Waals surface area contributed by atoms with E-state index in [0.717, 1.165) is 17.9 Å². The number of benzene rings is 1. The van der Waals surface area contributed by atoms with Gasteiger partial charge in [0.1, 0.15) is 0 Å². The van der Waals surface area contributed by atoms with Crippen LogP contribution in [0.5, 0.6) is 0 Å². The molecular weight excluding hydrogens is 361 g/mol. The number of aromatic nitrogens is 2. The van der Waals surface area contributed by atoms with Gasteiger partial charge in [-0.15, -0.1) is 0 Å². The van der Waals surface area contributed by atoms with Crippen molar-refractivity contribution < 1.29 is 4.39 Å². The SMILES string of the molecule is NCC1C2CC3SCCc4cccc(c4)Nc4ncc(F)c(n4)NC1C3C2. The van der Waals surface area contributed by atoms with Gasteiger partial charge >= 0.3 is 0 Å². The van der Waals surface area contributed by atoms with Crippen molar-refractivity contribution in [2.75, 3.05) is 22.9 Å². The maximum Gasteiger partial charge on any atom is 0.229 e. The Balaban J connectivity index is 1.52. The van der Waals surface area contributed by atoms with Crippen LogP contribution in [0.4, 0.5) is 21.8 Å². The summed E-state index contributed by atoms with van der Waals surface area (Å²) in [4.78, 5) is 8.54. The van der Waals surface area contributed by atoms with Gasteiger partial charge in [0.2, 0.25) is 5.95 Å². The minimum atomic E-state index is -0.413. The number of hydrogen-bond acceptors (Lipinski definition) is 6. The Hall–Kier alpha value is -1.86. The quantitative estimate of drug-likeness (QED) is 0.698. The summed E-state index contributed by atoms with van der Waals surface area (Å²) < 4.78 is 14.4. The molecule has 0 spiro atoms. The number of aryl methyl sites for hydroxylation is 1. The fourth-order valence-corrected chi connectivity index (χ4v) is 6.67. The molecule has 7 heteroatoms. The van der Waals surface area contributed by atoms with Gasteiger partial charge in [0.05, 0.1) is 6.20 Å². The lowest BCUT2D eigenvalue weighted by Crippen LogP contribution is -2.43. The molecule has 6 bridgehead atoms. The molecule has 2 aromatic rings. The van der Waals surface area contributed by atoms with E-state index in [4.69, 9.17) is 5.73 Å². The fraction of sp³-hybridized carbons (Fsp3) is 0.500. The van der Waals surface area contributed by atoms with Gasteiger partial charge in [0, 0.05) is 17.0 Å². The number of anilines is 3. The van der Waals surface area contributed by atoms with Crippen molar-refractivity contribution in [3.05, 3.63) is 41.8 Å². The highest BCUT2D eigenvalue weighted by molar-refractivity contribution is 7.99. The van der Waals surface area contributed by atoms with Crippen LogP contribution in [-0.2, 0) is 6.42 Å². The molecule has 1 aromatic carbocycles. The van der Waals surface area contributed by atoms with Crippen LogP contribution in [0.1, 0.15) is 18.4 Å². The zero-order valence-electron chi connectivity index (χ0n) is 15.1. The lowest BCUT2D eigenvalue weighted by molar-refractivity contribution is 0.317. The largest absolute Gasteiger partial charge is 0.364 e. The number of halogens is 1. The number of nitrogens with two attached hydrogens (primary N) is 1. The summed E-state index contributed by atoms with van der Waals surface area (Å²) in [5.41, 5.74) is 8.31. The summed E-state index contributed by atoms with van der Waals surface area (Å²) in [6, 6.07) is 8.49. The Bertz CT molecular complexity index is 847. The summed E-state index contributed by atoms with van der Waals surface area (Å²) in [5.74, 6) is 2.92. The van der Waals surface area contributed by atoms with Crippen molar-refractivity contribution in [1.29, 1.82) is 0 Å². The van der Waals surface area contributed by atoms with Gasteiger partial charge in [-0.25, -0.2) is 9.37 Å². The Morgan fingerprint density at radius 1 is 1.30 bits per heavy atom. The van der Waals surface area contributed by atoms with Crippen molar-refractivity contribution in [2.45, 2.75) is 30.6 Å². The average molecular weight is 386 g/mol. The zero-order valence-corrected chi connectivity index (χ0v) is 15.9. The topological polar surface area (TPSA) is 75.9 Å². The third-order valence-corrected chi connectivity index (χ3v) is 7.75. The van der Waals surface area contributed by atoms with Crippen molar-refractivity contribution >= 4 is 29.2 Å². The van der Waals surface area contributed by atoms with E-state index in [1.165, 1.54) is 24.6 Å². The van der Waals surface area contributed by atoms with Gasteiger partial charge in [-0.05, 0) is 67.0 Å². The predicted molar refractivity (Wildman–Crippen MR) is 108 cm³/mol. The van der Waals surface area contributed by atoms with E-state index in [2.05, 4.69) is 44.5 Å². The standard InChI is InChI=1S/C20H24FN5S/c21-16-10-23-20-24-13-3-1-2-11(6-13)4-5-27-17-8-12-7-14(17)18(15(12)9-22)25-19(16)26-20/h1-3,6,10,12,14-15,17-18H,4-5,7-9,22H2,(H2,23,24,25,26). The van der Waals surface area contributed by atoms with Crippen LogP contribution in [-0.4, -0.2) is 33.6 Å². The van der Waals surface area contributed by atoms with Crippen LogP contribution in [0.25, 0.3) is 0 Å². The molecule has 5 nitrogen and oxygen atoms in total. The van der Waals surface area contributed by atoms with Crippen LogP contribution in [0.15, 0.2) is 30.5 Å². The molecule has 0 radical (unpaired) electrons. The van der Waals surface area contributed by atoms with E-state index in [0.29, 0.717) is 35.5 Å². The first-order valence-electron chi connectivity index (χ1n) is 9.68. The van der Waals surface area contributed by atoms with E-state index in [-0.39, 0.29) is 11.9 Å². The van der Waals surface area contributed by atoms with Crippen molar-refractivity contribution in [1.82, 2.24) is 9.97 Å². The zero-order chi connectivity index (χ0) is 18.4. The smallest absolute Gasteiger partial charge is 0.229 e. The summed E-state index contributed by atoms with van der Waals surface area (Å²) in [5, 5.41) is 7.23. The highest BCUT2D eigenvalue weighted by Gasteiger charge is 2.52. The highest BCUT2D eigenvalue weighted by atomic mass is 32.2. The fourth-order valence-electron chi connectivity index (χ4n) is 5.10. The lowest BCUT2D eigenvalue weighted by Gasteiger charge is -2.36. The lowest BCUT2D eigenvalue weighted by atomic mass is 9.84. The minimum Gasteiger partial charge on any atom is -0.364 e. The third-order valence-electron chi connectivity index (χ3n) is 6.34. The Labute approximate surface area is 162 Å². The van der Waals surface area contributed by atoms with Crippen LogP contribution < -0.4 is 16.4 Å². The molecular formula is C20H24FN5S. The van der Waals surface area contributed by atoms with Crippen LogP contribution in [0.3, 0.4) is 0 Å². The van der Waals surface area contributed by atoms with Gasteiger partial charge in [0.25, 0.3) is 0 Å². The van der Waals surface area contributed by atoms with Crippen LogP contribution in [0, 0.1) is 23.6 Å². The normalized spacial score (nSPS) is 31.7. The van der Waals surface area contributed by atoms with Gasteiger partial charge in [-0.3, -0.25) is 0 Å². The number of nitrogens with one attached hydrogen (secondary N) is 2. The molecule has 2 saturated carbocycles. The second-order valence-electron chi connectivity index (χ2n) is 7.84. The van der Waals surface area contributed by atoms with E-state index in [9.17, 15) is 4.39 Å². The van der Waals surface area contributed by atoms with E-state index in [1.54, 1.807) is 0 Å². The summed E-state index contributed by atoms with van der Waals surface area (Å²) in [6.07, 6.45) is 4.70. The van der Waals surface area contributed by atoms with Crippen molar-refractivity contribution in [2.24, 2.45) is 23.5 Å². The highest BCUT2D eigenvalue weighted by Crippen LogP contribution is 2.53. The molecule has 5 atom stereocenters. The van der Waals surface area contributed by atoms with Crippen LogP contribution in [0.2, 0.25) is 0 Å².